The first-order valence-electron chi connectivity index (χ1n) is 8.98. The fourth-order valence-corrected chi connectivity index (χ4v) is 3.56. The number of nitrogens with zero attached hydrogens (tertiary/aromatic N) is 2. The quantitative estimate of drug-likeness (QED) is 0.699. The largest absolute Gasteiger partial charge is 0.383 e. The van der Waals surface area contributed by atoms with Gasteiger partial charge in [0, 0.05) is 43.8 Å². The minimum Gasteiger partial charge on any atom is -0.383 e. The maximum absolute atomic E-state index is 12.8. The van der Waals surface area contributed by atoms with E-state index in [-0.39, 0.29) is 17.9 Å². The summed E-state index contributed by atoms with van der Waals surface area (Å²) in [5, 5.41) is 3.96. The molecule has 2 N–H and O–H groups in total. The maximum Gasteiger partial charge on any atom is 0.270 e. The van der Waals surface area contributed by atoms with Crippen LogP contribution in [0.25, 0.3) is 10.9 Å². The fourth-order valence-electron chi connectivity index (χ4n) is 3.56. The van der Waals surface area contributed by atoms with Crippen molar-refractivity contribution in [1.82, 2.24) is 19.8 Å². The molecule has 0 saturated carbocycles. The topological polar surface area (TPSA) is 79.4 Å². The number of amides is 2. The van der Waals surface area contributed by atoms with E-state index in [0.29, 0.717) is 37.6 Å². The number of para-hydroxylation sites is 1. The fraction of sp³-hybridized carbons (Fsp3) is 0.300. The lowest BCUT2D eigenvalue weighted by Crippen LogP contribution is -2.53. The smallest absolute Gasteiger partial charge is 0.270 e. The molecule has 3 aromatic rings. The van der Waals surface area contributed by atoms with Gasteiger partial charge < -0.3 is 24.5 Å². The molecule has 0 fully saturated rings. The Kier molecular flexibility index (Phi) is 4.68. The molecular formula is C20H22N4O3. The number of fused-ring (bicyclic) bond motifs is 2. The molecule has 7 nitrogen and oxygen atoms in total. The van der Waals surface area contributed by atoms with Crippen molar-refractivity contribution in [2.24, 2.45) is 0 Å². The first-order valence-corrected chi connectivity index (χ1v) is 8.98. The Balaban J connectivity index is 1.48. The molecule has 0 saturated heterocycles. The molecule has 1 atom stereocenters. The summed E-state index contributed by atoms with van der Waals surface area (Å²) in [5.41, 5.74) is 2.11. The standard InChI is InChI=1S/C20H22N4O3/c1-27-10-9-24-15(13-23-8-4-7-18(23)20(24)26)12-21-19(25)17-11-14-5-2-3-6-16(14)22-17/h2-8,11,15,22H,9-10,12-13H2,1H3,(H,21,25). The van der Waals surface area contributed by atoms with Crippen molar-refractivity contribution in [3.63, 3.8) is 0 Å². The average Bonchev–Trinajstić information content (AvgIpc) is 3.32. The summed E-state index contributed by atoms with van der Waals surface area (Å²) in [6.45, 7) is 1.97. The average molecular weight is 366 g/mol. The number of hydrogen-bond donors (Lipinski definition) is 2. The van der Waals surface area contributed by atoms with Crippen LogP contribution >= 0.6 is 0 Å². The number of aromatic amines is 1. The highest BCUT2D eigenvalue weighted by Gasteiger charge is 2.32. The number of aromatic nitrogens is 2. The zero-order valence-electron chi connectivity index (χ0n) is 15.1. The molecule has 4 rings (SSSR count). The van der Waals surface area contributed by atoms with Crippen molar-refractivity contribution in [2.45, 2.75) is 12.6 Å². The lowest BCUT2D eigenvalue weighted by atomic mass is 10.1. The molecule has 0 aliphatic carbocycles. The highest BCUT2D eigenvalue weighted by atomic mass is 16.5. The molecule has 2 amide bonds. The van der Waals surface area contributed by atoms with Gasteiger partial charge in [0.1, 0.15) is 11.4 Å². The Labute approximate surface area is 156 Å². The number of rotatable bonds is 6. The van der Waals surface area contributed by atoms with Gasteiger partial charge in [-0.2, -0.15) is 0 Å². The number of methoxy groups -OCH3 is 1. The first-order chi connectivity index (χ1) is 13.2. The van der Waals surface area contributed by atoms with E-state index in [1.807, 2.05) is 53.2 Å². The third-order valence-electron chi connectivity index (χ3n) is 4.97. The number of ether oxygens (including phenoxy) is 1. The number of carbonyl (C=O) groups excluding carboxylic acids is 2. The van der Waals surface area contributed by atoms with Crippen LogP contribution in [0.2, 0.25) is 0 Å². The summed E-state index contributed by atoms with van der Waals surface area (Å²) in [6, 6.07) is 13.2. The van der Waals surface area contributed by atoms with Crippen molar-refractivity contribution in [3.05, 3.63) is 60.0 Å². The first kappa shape index (κ1) is 17.4. The zero-order valence-corrected chi connectivity index (χ0v) is 15.1. The van der Waals surface area contributed by atoms with Crippen LogP contribution in [-0.2, 0) is 11.3 Å². The van der Waals surface area contributed by atoms with Crippen LogP contribution in [0.3, 0.4) is 0 Å². The van der Waals surface area contributed by atoms with E-state index in [1.54, 1.807) is 12.0 Å². The lowest BCUT2D eigenvalue weighted by molar-refractivity contribution is 0.0504. The zero-order chi connectivity index (χ0) is 18.8. The highest BCUT2D eigenvalue weighted by Crippen LogP contribution is 2.18. The summed E-state index contributed by atoms with van der Waals surface area (Å²) in [6.07, 6.45) is 1.90. The SMILES string of the molecule is COCCN1C(=O)c2cccn2CC1CNC(=O)c1cc2ccccc2[nH]1. The summed E-state index contributed by atoms with van der Waals surface area (Å²) in [5.74, 6) is -0.211. The van der Waals surface area contributed by atoms with Gasteiger partial charge in [-0.05, 0) is 24.3 Å². The molecule has 0 spiro atoms. The second-order valence-electron chi connectivity index (χ2n) is 6.67. The Morgan fingerprint density at radius 2 is 2.15 bits per heavy atom. The molecule has 27 heavy (non-hydrogen) atoms. The minimum atomic E-state index is -0.177. The molecule has 1 aromatic carbocycles. The lowest BCUT2D eigenvalue weighted by Gasteiger charge is -2.36. The minimum absolute atomic E-state index is 0.0341. The van der Waals surface area contributed by atoms with Crippen LogP contribution in [0, 0.1) is 0 Å². The van der Waals surface area contributed by atoms with Crippen molar-refractivity contribution >= 4 is 22.7 Å². The van der Waals surface area contributed by atoms with E-state index in [9.17, 15) is 9.59 Å². The second-order valence-corrected chi connectivity index (χ2v) is 6.67. The highest BCUT2D eigenvalue weighted by molar-refractivity contribution is 5.98. The Hall–Kier alpha value is -3.06. The van der Waals surface area contributed by atoms with Gasteiger partial charge in [0.2, 0.25) is 0 Å². The molecule has 0 radical (unpaired) electrons. The molecule has 7 heteroatoms. The summed E-state index contributed by atoms with van der Waals surface area (Å²) >= 11 is 0. The van der Waals surface area contributed by atoms with Gasteiger partial charge in [0.05, 0.1) is 12.6 Å². The molecule has 1 unspecified atom stereocenters. The van der Waals surface area contributed by atoms with Crippen molar-refractivity contribution in [3.8, 4) is 0 Å². The van der Waals surface area contributed by atoms with Gasteiger partial charge in [-0.3, -0.25) is 9.59 Å². The number of H-pyrrole nitrogens is 1. The van der Waals surface area contributed by atoms with Crippen molar-refractivity contribution < 1.29 is 14.3 Å². The summed E-state index contributed by atoms with van der Waals surface area (Å²) < 4.78 is 7.08. The van der Waals surface area contributed by atoms with Crippen LogP contribution in [0.4, 0.5) is 0 Å². The molecule has 1 aliphatic heterocycles. The summed E-state index contributed by atoms with van der Waals surface area (Å²) in [7, 11) is 1.61. The van der Waals surface area contributed by atoms with E-state index in [0.717, 1.165) is 10.9 Å². The van der Waals surface area contributed by atoms with Crippen LogP contribution in [0.15, 0.2) is 48.7 Å². The van der Waals surface area contributed by atoms with Gasteiger partial charge >= 0.3 is 0 Å². The molecule has 2 aromatic heterocycles. The van der Waals surface area contributed by atoms with Crippen LogP contribution < -0.4 is 5.32 Å². The molecule has 1 aliphatic rings. The molecular weight excluding hydrogens is 344 g/mol. The number of hydrogen-bond acceptors (Lipinski definition) is 3. The maximum atomic E-state index is 12.8. The van der Waals surface area contributed by atoms with Gasteiger partial charge in [-0.1, -0.05) is 18.2 Å². The monoisotopic (exact) mass is 366 g/mol. The molecule has 0 bridgehead atoms. The number of carbonyl (C=O) groups is 2. The third-order valence-corrected chi connectivity index (χ3v) is 4.97. The van der Waals surface area contributed by atoms with Gasteiger partial charge in [0.25, 0.3) is 11.8 Å². The summed E-state index contributed by atoms with van der Waals surface area (Å²) in [4.78, 5) is 30.2. The van der Waals surface area contributed by atoms with Gasteiger partial charge in [-0.15, -0.1) is 0 Å². The van der Waals surface area contributed by atoms with Crippen molar-refractivity contribution in [2.75, 3.05) is 26.8 Å². The Morgan fingerprint density at radius 1 is 1.30 bits per heavy atom. The van der Waals surface area contributed by atoms with E-state index in [2.05, 4.69) is 10.3 Å². The normalized spacial score (nSPS) is 16.6. The third kappa shape index (κ3) is 3.33. The number of benzene rings is 1. The van der Waals surface area contributed by atoms with E-state index >= 15 is 0 Å². The van der Waals surface area contributed by atoms with Gasteiger partial charge in [0.15, 0.2) is 0 Å². The van der Waals surface area contributed by atoms with E-state index < -0.39 is 0 Å². The Bertz CT molecular complexity index is 941. The predicted octanol–water partition coefficient (Wildman–Crippen LogP) is 1.87. The van der Waals surface area contributed by atoms with E-state index in [1.165, 1.54) is 0 Å². The Morgan fingerprint density at radius 3 is 2.96 bits per heavy atom. The van der Waals surface area contributed by atoms with Crippen LogP contribution in [0.1, 0.15) is 21.0 Å². The molecule has 3 heterocycles. The predicted molar refractivity (Wildman–Crippen MR) is 102 cm³/mol. The number of nitrogens with one attached hydrogen (secondary N) is 2. The van der Waals surface area contributed by atoms with Crippen molar-refractivity contribution in [1.29, 1.82) is 0 Å². The van der Waals surface area contributed by atoms with Gasteiger partial charge in [-0.25, -0.2) is 0 Å². The van der Waals surface area contributed by atoms with E-state index in [4.69, 9.17) is 4.74 Å². The van der Waals surface area contributed by atoms with Crippen LogP contribution in [0.5, 0.6) is 0 Å². The van der Waals surface area contributed by atoms with Crippen LogP contribution in [-0.4, -0.2) is 59.1 Å². The second kappa shape index (κ2) is 7.28. The molecule has 140 valence electrons.